The lowest BCUT2D eigenvalue weighted by Crippen LogP contribution is -2.19. The van der Waals surface area contributed by atoms with Gasteiger partial charge in [0.25, 0.3) is 11.6 Å². The number of furan rings is 1. The zero-order valence-electron chi connectivity index (χ0n) is 16.5. The summed E-state index contributed by atoms with van der Waals surface area (Å²) in [4.78, 5) is 25.1. The van der Waals surface area contributed by atoms with Crippen LogP contribution in [0.15, 0.2) is 64.1 Å². The molecule has 0 saturated carbocycles. The van der Waals surface area contributed by atoms with Crippen LogP contribution in [0.2, 0.25) is 5.02 Å². The second-order valence-electron chi connectivity index (χ2n) is 7.07. The van der Waals surface area contributed by atoms with Gasteiger partial charge in [0.1, 0.15) is 16.5 Å². The minimum atomic E-state index is -0.551. The molecule has 8 nitrogen and oxygen atoms in total. The van der Waals surface area contributed by atoms with Gasteiger partial charge in [-0.1, -0.05) is 11.6 Å². The highest BCUT2D eigenvalue weighted by Gasteiger charge is 2.15. The molecule has 1 amide bonds. The van der Waals surface area contributed by atoms with Gasteiger partial charge in [0.15, 0.2) is 0 Å². The van der Waals surface area contributed by atoms with Crippen molar-refractivity contribution < 1.29 is 14.1 Å². The van der Waals surface area contributed by atoms with Crippen LogP contribution in [-0.2, 0) is 0 Å². The molecule has 3 aromatic rings. The van der Waals surface area contributed by atoms with Gasteiger partial charge in [-0.25, -0.2) is 5.43 Å². The molecule has 1 aliphatic rings. The largest absolute Gasteiger partial charge is 0.455 e. The van der Waals surface area contributed by atoms with Crippen molar-refractivity contribution in [2.24, 2.45) is 5.10 Å². The maximum Gasteiger partial charge on any atom is 0.288 e. The topological polar surface area (TPSA) is 101 Å². The lowest BCUT2D eigenvalue weighted by atomic mass is 10.1. The van der Waals surface area contributed by atoms with E-state index in [4.69, 9.17) is 16.0 Å². The Balaban J connectivity index is 1.38. The van der Waals surface area contributed by atoms with Gasteiger partial charge >= 0.3 is 0 Å². The number of benzene rings is 2. The Morgan fingerprint density at radius 1 is 1.13 bits per heavy atom. The molecule has 2 heterocycles. The number of nitrogens with one attached hydrogen (secondary N) is 1. The Kier molecular flexibility index (Phi) is 5.99. The van der Waals surface area contributed by atoms with Crippen molar-refractivity contribution in [3.05, 3.63) is 81.1 Å². The summed E-state index contributed by atoms with van der Waals surface area (Å²) >= 11 is 5.84. The summed E-state index contributed by atoms with van der Waals surface area (Å²) in [5.74, 6) is 0.478. The molecule has 0 unspecified atom stereocenters. The van der Waals surface area contributed by atoms with Crippen LogP contribution < -0.4 is 10.3 Å². The second kappa shape index (κ2) is 9.01. The molecule has 0 radical (unpaired) electrons. The van der Waals surface area contributed by atoms with Gasteiger partial charge in [-0.05, 0) is 61.4 Å². The first-order valence-corrected chi connectivity index (χ1v) is 10.1. The molecule has 2 aromatic carbocycles. The molecule has 4 rings (SSSR count). The predicted octanol–water partition coefficient (Wildman–Crippen LogP) is 4.87. The minimum absolute atomic E-state index is 0.0540. The summed E-state index contributed by atoms with van der Waals surface area (Å²) < 4.78 is 5.63. The van der Waals surface area contributed by atoms with E-state index in [-0.39, 0.29) is 16.6 Å². The molecule has 0 spiro atoms. The lowest BCUT2D eigenvalue weighted by molar-refractivity contribution is -0.384. The summed E-state index contributed by atoms with van der Waals surface area (Å²) in [5, 5.41) is 15.0. The summed E-state index contributed by atoms with van der Waals surface area (Å²) in [6.45, 7) is 2.09. The van der Waals surface area contributed by atoms with E-state index in [9.17, 15) is 14.9 Å². The van der Waals surface area contributed by atoms with Gasteiger partial charge in [0, 0.05) is 36.0 Å². The Hall–Kier alpha value is -3.65. The Morgan fingerprint density at radius 2 is 1.87 bits per heavy atom. The summed E-state index contributed by atoms with van der Waals surface area (Å²) in [6, 6.07) is 15.2. The van der Waals surface area contributed by atoms with Gasteiger partial charge in [-0.3, -0.25) is 14.9 Å². The lowest BCUT2D eigenvalue weighted by Gasteiger charge is -2.17. The first-order chi connectivity index (χ1) is 15.0. The third-order valence-corrected chi connectivity index (χ3v) is 5.33. The van der Waals surface area contributed by atoms with Crippen molar-refractivity contribution in [1.82, 2.24) is 5.43 Å². The third kappa shape index (κ3) is 4.75. The third-order valence-electron chi connectivity index (χ3n) is 5.01. The van der Waals surface area contributed by atoms with Crippen LogP contribution in [0, 0.1) is 10.1 Å². The highest BCUT2D eigenvalue weighted by Crippen LogP contribution is 2.31. The number of halogens is 1. The standard InChI is InChI=1S/C22H19ClN4O4/c23-19-9-5-16(13-20(19)27(29)30)21-10-8-18(31-21)14-24-25-22(28)15-3-6-17(7-4-15)26-11-1-2-12-26/h3-10,13-14H,1-2,11-12H2,(H,25,28)/b24-14+. The number of carbonyl (C=O) groups excluding carboxylic acids is 1. The van der Waals surface area contributed by atoms with Gasteiger partial charge in [-0.2, -0.15) is 5.10 Å². The van der Waals surface area contributed by atoms with E-state index < -0.39 is 4.92 Å². The summed E-state index contributed by atoms with van der Waals surface area (Å²) in [6.07, 6.45) is 3.76. The second-order valence-corrected chi connectivity index (χ2v) is 7.47. The predicted molar refractivity (Wildman–Crippen MR) is 119 cm³/mol. The molecule has 1 aromatic heterocycles. The summed E-state index contributed by atoms with van der Waals surface area (Å²) in [5.41, 5.74) is 4.40. The van der Waals surface area contributed by atoms with Crippen LogP contribution in [0.3, 0.4) is 0 Å². The van der Waals surface area contributed by atoms with E-state index in [0.717, 1.165) is 18.8 Å². The number of carbonyl (C=O) groups is 1. The highest BCUT2D eigenvalue weighted by atomic mass is 35.5. The SMILES string of the molecule is O=C(N/N=C/c1ccc(-c2ccc(Cl)c([N+](=O)[O-])c2)o1)c1ccc(N2CCCC2)cc1. The maximum absolute atomic E-state index is 12.3. The van der Waals surface area contributed by atoms with E-state index in [1.54, 1.807) is 30.3 Å². The summed E-state index contributed by atoms with van der Waals surface area (Å²) in [7, 11) is 0. The number of amides is 1. The van der Waals surface area contributed by atoms with Gasteiger partial charge < -0.3 is 9.32 Å². The number of hydrazone groups is 1. The minimum Gasteiger partial charge on any atom is -0.455 e. The number of nitrogens with zero attached hydrogens (tertiary/aromatic N) is 3. The molecule has 158 valence electrons. The Labute approximate surface area is 183 Å². The van der Waals surface area contributed by atoms with Crippen LogP contribution in [0.5, 0.6) is 0 Å². The zero-order chi connectivity index (χ0) is 21.8. The van der Waals surface area contributed by atoms with Crippen molar-refractivity contribution in [3.63, 3.8) is 0 Å². The zero-order valence-corrected chi connectivity index (χ0v) is 17.2. The molecule has 1 fully saturated rings. The average molecular weight is 439 g/mol. The molecular formula is C22H19ClN4O4. The molecule has 1 aliphatic heterocycles. The highest BCUT2D eigenvalue weighted by molar-refractivity contribution is 6.32. The van der Waals surface area contributed by atoms with E-state index in [0.29, 0.717) is 22.6 Å². The van der Waals surface area contributed by atoms with Crippen molar-refractivity contribution in [2.75, 3.05) is 18.0 Å². The van der Waals surface area contributed by atoms with Crippen molar-refractivity contribution >= 4 is 35.1 Å². The number of rotatable bonds is 6. The molecule has 0 aliphatic carbocycles. The molecule has 1 saturated heterocycles. The number of nitro benzene ring substituents is 1. The first kappa shape index (κ1) is 20.6. The van der Waals surface area contributed by atoms with Crippen LogP contribution in [0.4, 0.5) is 11.4 Å². The van der Waals surface area contributed by atoms with E-state index >= 15 is 0 Å². The van der Waals surface area contributed by atoms with Crippen molar-refractivity contribution in [3.8, 4) is 11.3 Å². The van der Waals surface area contributed by atoms with Crippen molar-refractivity contribution in [1.29, 1.82) is 0 Å². The van der Waals surface area contributed by atoms with Crippen molar-refractivity contribution in [2.45, 2.75) is 12.8 Å². The van der Waals surface area contributed by atoms with Crippen LogP contribution in [0.25, 0.3) is 11.3 Å². The molecular weight excluding hydrogens is 420 g/mol. The fourth-order valence-corrected chi connectivity index (χ4v) is 3.59. The number of nitro groups is 1. The fourth-order valence-electron chi connectivity index (χ4n) is 3.40. The van der Waals surface area contributed by atoms with Gasteiger partial charge in [0.2, 0.25) is 0 Å². The van der Waals surface area contributed by atoms with E-state index in [1.165, 1.54) is 31.2 Å². The first-order valence-electron chi connectivity index (χ1n) is 9.74. The van der Waals surface area contributed by atoms with E-state index in [1.807, 2.05) is 12.1 Å². The Morgan fingerprint density at radius 3 is 2.58 bits per heavy atom. The monoisotopic (exact) mass is 438 g/mol. The molecule has 1 N–H and O–H groups in total. The molecule has 31 heavy (non-hydrogen) atoms. The van der Waals surface area contributed by atoms with Gasteiger partial charge in [0.05, 0.1) is 11.1 Å². The molecule has 0 atom stereocenters. The van der Waals surface area contributed by atoms with Crippen LogP contribution in [-0.4, -0.2) is 30.1 Å². The van der Waals surface area contributed by atoms with Crippen LogP contribution in [0.1, 0.15) is 29.0 Å². The normalized spacial score (nSPS) is 13.6. The Bertz CT molecular complexity index is 1130. The smallest absolute Gasteiger partial charge is 0.288 e. The quantitative estimate of drug-likeness (QED) is 0.336. The van der Waals surface area contributed by atoms with E-state index in [2.05, 4.69) is 15.4 Å². The average Bonchev–Trinajstić information content (AvgIpc) is 3.46. The molecule has 9 heteroatoms. The number of hydrogen-bond donors (Lipinski definition) is 1. The van der Waals surface area contributed by atoms with Crippen LogP contribution >= 0.6 is 11.6 Å². The number of anilines is 1. The maximum atomic E-state index is 12.3. The van der Waals surface area contributed by atoms with Gasteiger partial charge in [-0.15, -0.1) is 0 Å². The molecule has 0 bridgehead atoms. The fraction of sp³-hybridized carbons (Fsp3) is 0.182. The number of hydrogen-bond acceptors (Lipinski definition) is 6.